The van der Waals surface area contributed by atoms with Gasteiger partial charge < -0.3 is 15.3 Å². The van der Waals surface area contributed by atoms with Crippen LogP contribution in [0.2, 0.25) is 0 Å². The maximum Gasteiger partial charge on any atom is 0.257 e. The Kier molecular flexibility index (Phi) is 4.24. The Labute approximate surface area is 115 Å². The van der Waals surface area contributed by atoms with Gasteiger partial charge in [-0.2, -0.15) is 0 Å². The molecule has 0 atom stereocenters. The van der Waals surface area contributed by atoms with Gasteiger partial charge in [-0.3, -0.25) is 4.79 Å². The number of nitrogens with one attached hydrogen (secondary N) is 1. The van der Waals surface area contributed by atoms with Crippen molar-refractivity contribution in [3.63, 3.8) is 0 Å². The van der Waals surface area contributed by atoms with Crippen LogP contribution in [0.4, 0.5) is 0 Å². The van der Waals surface area contributed by atoms with E-state index in [-0.39, 0.29) is 17.7 Å². The van der Waals surface area contributed by atoms with Gasteiger partial charge in [0.05, 0.1) is 5.56 Å². The van der Waals surface area contributed by atoms with Gasteiger partial charge in [-0.05, 0) is 44.1 Å². The topological polar surface area (TPSA) is 52.6 Å². The number of benzene rings is 1. The number of aromatic hydroxyl groups is 1. The molecule has 0 spiro atoms. The highest BCUT2D eigenvalue weighted by molar-refractivity contribution is 9.10. The summed E-state index contributed by atoms with van der Waals surface area (Å²) >= 11 is 3.32. The summed E-state index contributed by atoms with van der Waals surface area (Å²) in [5.41, 5.74) is 0.352. The number of carbonyl (C=O) groups excluding carboxylic acids is 1. The van der Waals surface area contributed by atoms with Gasteiger partial charge >= 0.3 is 0 Å². The molecule has 0 radical (unpaired) electrons. The molecule has 4 nitrogen and oxygen atoms in total. The molecule has 0 aromatic heterocycles. The van der Waals surface area contributed by atoms with Gasteiger partial charge in [0.1, 0.15) is 5.75 Å². The molecule has 0 saturated carbocycles. The molecule has 5 heteroatoms. The predicted molar refractivity (Wildman–Crippen MR) is 73.8 cm³/mol. The van der Waals surface area contributed by atoms with Crippen molar-refractivity contribution in [1.82, 2.24) is 10.2 Å². The van der Waals surface area contributed by atoms with E-state index in [1.54, 1.807) is 24.1 Å². The van der Waals surface area contributed by atoms with Crippen molar-refractivity contribution in [2.75, 3.05) is 20.1 Å². The lowest BCUT2D eigenvalue weighted by molar-refractivity contribution is 0.0700. The summed E-state index contributed by atoms with van der Waals surface area (Å²) in [5, 5.41) is 13.0. The molecule has 2 N–H and O–H groups in total. The van der Waals surface area contributed by atoms with Crippen LogP contribution in [-0.4, -0.2) is 42.1 Å². The monoisotopic (exact) mass is 312 g/mol. The van der Waals surface area contributed by atoms with Gasteiger partial charge in [-0.1, -0.05) is 15.9 Å². The summed E-state index contributed by atoms with van der Waals surface area (Å²) in [4.78, 5) is 14.1. The molecule has 1 aromatic carbocycles. The van der Waals surface area contributed by atoms with Crippen molar-refractivity contribution >= 4 is 21.8 Å². The molecule has 1 aliphatic rings. The van der Waals surface area contributed by atoms with Gasteiger partial charge in [0, 0.05) is 17.6 Å². The minimum atomic E-state index is -0.124. The van der Waals surface area contributed by atoms with Crippen LogP contribution in [-0.2, 0) is 0 Å². The van der Waals surface area contributed by atoms with E-state index in [4.69, 9.17) is 0 Å². The van der Waals surface area contributed by atoms with E-state index in [0.29, 0.717) is 5.56 Å². The molecule has 0 bridgehead atoms. The second kappa shape index (κ2) is 5.71. The number of hydrogen-bond acceptors (Lipinski definition) is 3. The number of rotatable bonds is 2. The first-order valence-electron chi connectivity index (χ1n) is 6.06. The summed E-state index contributed by atoms with van der Waals surface area (Å²) in [6, 6.07) is 5.16. The van der Waals surface area contributed by atoms with Gasteiger partial charge in [-0.25, -0.2) is 0 Å². The van der Waals surface area contributed by atoms with Crippen LogP contribution in [0.25, 0.3) is 0 Å². The number of phenols is 1. The van der Waals surface area contributed by atoms with Gasteiger partial charge in [0.15, 0.2) is 0 Å². The molecule has 1 aliphatic heterocycles. The van der Waals surface area contributed by atoms with E-state index >= 15 is 0 Å². The van der Waals surface area contributed by atoms with Crippen LogP contribution in [0.3, 0.4) is 0 Å². The Balaban J connectivity index is 2.16. The summed E-state index contributed by atoms with van der Waals surface area (Å²) < 4.78 is 0.794. The highest BCUT2D eigenvalue weighted by atomic mass is 79.9. The van der Waals surface area contributed by atoms with E-state index in [9.17, 15) is 9.90 Å². The Morgan fingerprint density at radius 1 is 1.44 bits per heavy atom. The van der Waals surface area contributed by atoms with Crippen LogP contribution in [0.5, 0.6) is 5.75 Å². The minimum Gasteiger partial charge on any atom is -0.507 e. The smallest absolute Gasteiger partial charge is 0.257 e. The zero-order valence-corrected chi connectivity index (χ0v) is 11.9. The number of carbonyl (C=O) groups is 1. The standard InChI is InChI=1S/C13H17BrN2O2/c1-16(10-4-6-15-7-5-10)13(18)11-8-9(14)2-3-12(11)17/h2-3,8,10,15,17H,4-7H2,1H3. The van der Waals surface area contributed by atoms with Crippen molar-refractivity contribution in [3.05, 3.63) is 28.2 Å². The Morgan fingerprint density at radius 3 is 2.78 bits per heavy atom. The first-order chi connectivity index (χ1) is 8.59. The molecule has 18 heavy (non-hydrogen) atoms. The number of nitrogens with zero attached hydrogens (tertiary/aromatic N) is 1. The van der Waals surface area contributed by atoms with Gasteiger partial charge in [0.2, 0.25) is 0 Å². The first-order valence-corrected chi connectivity index (χ1v) is 6.85. The van der Waals surface area contributed by atoms with Crippen LogP contribution >= 0.6 is 15.9 Å². The molecular formula is C13H17BrN2O2. The Morgan fingerprint density at radius 2 is 2.11 bits per heavy atom. The number of halogens is 1. The molecular weight excluding hydrogens is 296 g/mol. The second-order valence-corrected chi connectivity index (χ2v) is 5.47. The molecule has 1 amide bonds. The van der Waals surface area contributed by atoms with E-state index in [1.165, 1.54) is 6.07 Å². The fourth-order valence-electron chi connectivity index (χ4n) is 2.23. The maximum absolute atomic E-state index is 12.3. The van der Waals surface area contributed by atoms with Crippen molar-refractivity contribution in [1.29, 1.82) is 0 Å². The third-order valence-corrected chi connectivity index (χ3v) is 3.86. The quantitative estimate of drug-likeness (QED) is 0.878. The van der Waals surface area contributed by atoms with Crippen molar-refractivity contribution < 1.29 is 9.90 Å². The largest absolute Gasteiger partial charge is 0.507 e. The number of piperidine rings is 1. The van der Waals surface area contributed by atoms with E-state index in [0.717, 1.165) is 30.4 Å². The summed E-state index contributed by atoms with van der Waals surface area (Å²) in [6.07, 6.45) is 1.91. The Hall–Kier alpha value is -1.07. The lowest BCUT2D eigenvalue weighted by Crippen LogP contribution is -2.43. The van der Waals surface area contributed by atoms with E-state index in [2.05, 4.69) is 21.2 Å². The molecule has 2 rings (SSSR count). The van der Waals surface area contributed by atoms with Crippen LogP contribution in [0.15, 0.2) is 22.7 Å². The third-order valence-electron chi connectivity index (χ3n) is 3.37. The first kappa shape index (κ1) is 13.4. The molecule has 1 heterocycles. The zero-order chi connectivity index (χ0) is 13.1. The average Bonchev–Trinajstić information content (AvgIpc) is 2.41. The minimum absolute atomic E-state index is 0.0315. The predicted octanol–water partition coefficient (Wildman–Crippen LogP) is 1.98. The van der Waals surface area contributed by atoms with Crippen LogP contribution in [0.1, 0.15) is 23.2 Å². The van der Waals surface area contributed by atoms with E-state index in [1.807, 2.05) is 0 Å². The third kappa shape index (κ3) is 2.84. The summed E-state index contributed by atoms with van der Waals surface area (Å²) in [5.74, 6) is -0.0929. The molecule has 0 unspecified atom stereocenters. The van der Waals surface area contributed by atoms with Crippen LogP contribution in [0, 0.1) is 0 Å². The van der Waals surface area contributed by atoms with Crippen molar-refractivity contribution in [2.45, 2.75) is 18.9 Å². The molecule has 1 fully saturated rings. The number of amides is 1. The van der Waals surface area contributed by atoms with Crippen molar-refractivity contribution in [2.24, 2.45) is 0 Å². The van der Waals surface area contributed by atoms with Gasteiger partial charge in [0.25, 0.3) is 5.91 Å². The molecule has 0 aliphatic carbocycles. The SMILES string of the molecule is CN(C(=O)c1cc(Br)ccc1O)C1CCNCC1. The van der Waals surface area contributed by atoms with Gasteiger partial charge in [-0.15, -0.1) is 0 Å². The highest BCUT2D eigenvalue weighted by Crippen LogP contribution is 2.24. The fourth-order valence-corrected chi connectivity index (χ4v) is 2.59. The normalized spacial score (nSPS) is 16.6. The average molecular weight is 313 g/mol. The number of phenolic OH excluding ortho intramolecular Hbond substituents is 1. The summed E-state index contributed by atoms with van der Waals surface area (Å²) in [6.45, 7) is 1.87. The fraction of sp³-hybridized carbons (Fsp3) is 0.462. The molecule has 1 saturated heterocycles. The Bertz CT molecular complexity index is 445. The second-order valence-electron chi connectivity index (χ2n) is 4.56. The van der Waals surface area contributed by atoms with Crippen molar-refractivity contribution in [3.8, 4) is 5.75 Å². The highest BCUT2D eigenvalue weighted by Gasteiger charge is 2.24. The van der Waals surface area contributed by atoms with Crippen LogP contribution < -0.4 is 5.32 Å². The molecule has 1 aromatic rings. The zero-order valence-electron chi connectivity index (χ0n) is 10.3. The maximum atomic E-state index is 12.3. The van der Waals surface area contributed by atoms with E-state index < -0.39 is 0 Å². The lowest BCUT2D eigenvalue weighted by atomic mass is 10.0. The lowest BCUT2D eigenvalue weighted by Gasteiger charge is -2.31. The molecule has 98 valence electrons. The number of hydrogen-bond donors (Lipinski definition) is 2. The summed E-state index contributed by atoms with van der Waals surface area (Å²) in [7, 11) is 1.80.